The molecule has 0 bridgehead atoms. The summed E-state index contributed by atoms with van der Waals surface area (Å²) >= 11 is 0. The minimum atomic E-state index is -0.0648. The van der Waals surface area contributed by atoms with Gasteiger partial charge in [0.15, 0.2) is 0 Å². The number of carbonyl (C=O) groups excluding carboxylic acids is 1. The van der Waals surface area contributed by atoms with Gasteiger partial charge in [-0.15, -0.1) is 0 Å². The summed E-state index contributed by atoms with van der Waals surface area (Å²) in [6.07, 6.45) is 4.96. The van der Waals surface area contributed by atoms with Crippen LogP contribution in [0.5, 0.6) is 0 Å². The van der Waals surface area contributed by atoms with Crippen LogP contribution in [0.25, 0.3) is 0 Å². The Bertz CT molecular complexity index is 402. The van der Waals surface area contributed by atoms with Crippen molar-refractivity contribution in [1.82, 2.24) is 10.3 Å². The van der Waals surface area contributed by atoms with Crippen molar-refractivity contribution >= 4 is 11.6 Å². The summed E-state index contributed by atoms with van der Waals surface area (Å²) < 4.78 is 0. The lowest BCUT2D eigenvalue weighted by Gasteiger charge is -2.28. The van der Waals surface area contributed by atoms with Crippen molar-refractivity contribution in [3.05, 3.63) is 24.0 Å². The molecule has 0 aliphatic carbocycles. The number of nitrogens with one attached hydrogen (secondary N) is 2. The summed E-state index contributed by atoms with van der Waals surface area (Å²) in [5, 5.41) is 6.20. The molecule has 2 heterocycles. The van der Waals surface area contributed by atoms with E-state index in [1.165, 1.54) is 6.42 Å². The Labute approximate surface area is 108 Å². The number of hydrogen-bond acceptors (Lipinski definition) is 3. The molecule has 4 nitrogen and oxygen atoms in total. The molecule has 1 aliphatic rings. The Morgan fingerprint density at radius 1 is 1.56 bits per heavy atom. The van der Waals surface area contributed by atoms with E-state index in [-0.39, 0.29) is 11.9 Å². The number of anilines is 1. The van der Waals surface area contributed by atoms with Crippen LogP contribution in [0.3, 0.4) is 0 Å². The number of rotatable bonds is 3. The van der Waals surface area contributed by atoms with Crippen LogP contribution in [-0.4, -0.2) is 23.5 Å². The molecule has 1 aromatic rings. The fourth-order valence-electron chi connectivity index (χ4n) is 2.34. The maximum Gasteiger partial charge on any atom is 0.241 e. The second-order valence-electron chi connectivity index (χ2n) is 4.98. The van der Waals surface area contributed by atoms with Gasteiger partial charge in [0.25, 0.3) is 0 Å². The predicted octanol–water partition coefficient (Wildman–Crippen LogP) is 2.11. The normalized spacial score (nSPS) is 23.7. The van der Waals surface area contributed by atoms with E-state index < -0.39 is 0 Å². The Morgan fingerprint density at radius 3 is 3.06 bits per heavy atom. The molecule has 1 fully saturated rings. The number of amides is 1. The first-order valence-electron chi connectivity index (χ1n) is 6.66. The maximum atomic E-state index is 12.1. The summed E-state index contributed by atoms with van der Waals surface area (Å²) in [6.45, 7) is 5.05. The van der Waals surface area contributed by atoms with Crippen molar-refractivity contribution in [2.45, 2.75) is 39.2 Å². The van der Waals surface area contributed by atoms with Crippen LogP contribution in [0.4, 0.5) is 5.69 Å². The van der Waals surface area contributed by atoms with E-state index in [9.17, 15) is 4.79 Å². The van der Waals surface area contributed by atoms with Crippen LogP contribution in [0.2, 0.25) is 0 Å². The van der Waals surface area contributed by atoms with E-state index in [4.69, 9.17) is 0 Å². The third-order valence-corrected chi connectivity index (χ3v) is 3.59. The first-order chi connectivity index (χ1) is 8.69. The molecule has 4 heteroatoms. The van der Waals surface area contributed by atoms with Crippen LogP contribution < -0.4 is 10.6 Å². The summed E-state index contributed by atoms with van der Waals surface area (Å²) in [5.41, 5.74) is 1.72. The third kappa shape index (κ3) is 3.29. The monoisotopic (exact) mass is 247 g/mol. The quantitative estimate of drug-likeness (QED) is 0.860. The van der Waals surface area contributed by atoms with Crippen molar-refractivity contribution in [2.75, 3.05) is 11.9 Å². The molecule has 2 N–H and O–H groups in total. The average molecular weight is 247 g/mol. The number of aromatic nitrogens is 1. The molecule has 0 spiro atoms. The molecule has 1 saturated heterocycles. The van der Waals surface area contributed by atoms with Crippen molar-refractivity contribution in [3.8, 4) is 0 Å². The zero-order valence-corrected chi connectivity index (χ0v) is 11.1. The van der Waals surface area contributed by atoms with Gasteiger partial charge in [-0.1, -0.05) is 13.3 Å². The van der Waals surface area contributed by atoms with Gasteiger partial charge in [-0.3, -0.25) is 9.78 Å². The first kappa shape index (κ1) is 13.0. The number of carbonyl (C=O) groups is 1. The van der Waals surface area contributed by atoms with Gasteiger partial charge in [-0.05, 0) is 44.4 Å². The zero-order chi connectivity index (χ0) is 13.0. The number of hydrogen-bond donors (Lipinski definition) is 2. The van der Waals surface area contributed by atoms with E-state index in [0.717, 1.165) is 30.8 Å². The van der Waals surface area contributed by atoms with E-state index in [1.807, 2.05) is 19.1 Å². The molecule has 1 amide bonds. The Hall–Kier alpha value is -1.42. The molecule has 18 heavy (non-hydrogen) atoms. The van der Waals surface area contributed by atoms with Crippen molar-refractivity contribution in [1.29, 1.82) is 0 Å². The van der Waals surface area contributed by atoms with Gasteiger partial charge in [0.1, 0.15) is 0 Å². The van der Waals surface area contributed by atoms with E-state index >= 15 is 0 Å². The van der Waals surface area contributed by atoms with Crippen molar-refractivity contribution in [3.63, 3.8) is 0 Å². The van der Waals surface area contributed by atoms with Gasteiger partial charge in [0, 0.05) is 5.69 Å². The van der Waals surface area contributed by atoms with Gasteiger partial charge < -0.3 is 10.6 Å². The Balaban J connectivity index is 1.93. The third-order valence-electron chi connectivity index (χ3n) is 3.59. The number of piperidine rings is 1. The summed E-state index contributed by atoms with van der Waals surface area (Å²) in [5.74, 6) is 0.719. The lowest BCUT2D eigenvalue weighted by molar-refractivity contribution is -0.119. The van der Waals surface area contributed by atoms with Gasteiger partial charge in [0.2, 0.25) is 5.91 Å². The highest BCUT2D eigenvalue weighted by atomic mass is 16.2. The SMILES string of the molecule is CCC1CCNC(C(=O)Nc2ccc(C)nc2)C1. The van der Waals surface area contributed by atoms with Crippen molar-refractivity contribution in [2.24, 2.45) is 5.92 Å². The highest BCUT2D eigenvalue weighted by molar-refractivity contribution is 5.94. The van der Waals surface area contributed by atoms with Gasteiger partial charge in [-0.25, -0.2) is 0 Å². The highest BCUT2D eigenvalue weighted by Gasteiger charge is 2.25. The molecule has 0 radical (unpaired) electrons. The zero-order valence-electron chi connectivity index (χ0n) is 11.1. The Morgan fingerprint density at radius 2 is 2.39 bits per heavy atom. The van der Waals surface area contributed by atoms with E-state index in [0.29, 0.717) is 5.92 Å². The molecule has 2 atom stereocenters. The summed E-state index contributed by atoms with van der Waals surface area (Å²) in [4.78, 5) is 16.3. The number of pyridine rings is 1. The van der Waals surface area contributed by atoms with Crippen LogP contribution in [-0.2, 0) is 4.79 Å². The molecule has 98 valence electrons. The van der Waals surface area contributed by atoms with Crippen LogP contribution in [0.15, 0.2) is 18.3 Å². The Kier molecular flexibility index (Phi) is 4.31. The predicted molar refractivity (Wildman–Crippen MR) is 72.4 cm³/mol. The number of aryl methyl sites for hydroxylation is 1. The van der Waals surface area contributed by atoms with Crippen LogP contribution in [0.1, 0.15) is 31.9 Å². The maximum absolute atomic E-state index is 12.1. The minimum absolute atomic E-state index is 0.0544. The molecular formula is C14H21N3O. The molecule has 0 aromatic carbocycles. The molecular weight excluding hydrogens is 226 g/mol. The fourth-order valence-corrected chi connectivity index (χ4v) is 2.34. The number of nitrogens with zero attached hydrogens (tertiary/aromatic N) is 1. The summed E-state index contributed by atoms with van der Waals surface area (Å²) in [7, 11) is 0. The van der Waals surface area contributed by atoms with Gasteiger partial charge in [-0.2, -0.15) is 0 Å². The molecule has 1 aliphatic heterocycles. The van der Waals surface area contributed by atoms with Crippen molar-refractivity contribution < 1.29 is 4.79 Å². The lowest BCUT2D eigenvalue weighted by Crippen LogP contribution is -2.46. The van der Waals surface area contributed by atoms with E-state index in [2.05, 4.69) is 22.5 Å². The smallest absolute Gasteiger partial charge is 0.241 e. The average Bonchev–Trinajstić information content (AvgIpc) is 2.41. The van der Waals surface area contributed by atoms with Gasteiger partial charge >= 0.3 is 0 Å². The standard InChI is InChI=1S/C14H21N3O/c1-3-11-6-7-15-13(8-11)14(18)17-12-5-4-10(2)16-9-12/h4-5,9,11,13,15H,3,6-8H2,1-2H3,(H,17,18). The molecule has 1 aromatic heterocycles. The molecule has 2 unspecified atom stereocenters. The van der Waals surface area contributed by atoms with Crippen LogP contribution >= 0.6 is 0 Å². The molecule has 2 rings (SSSR count). The van der Waals surface area contributed by atoms with Gasteiger partial charge in [0.05, 0.1) is 17.9 Å². The van der Waals surface area contributed by atoms with Crippen LogP contribution in [0, 0.1) is 12.8 Å². The lowest BCUT2D eigenvalue weighted by atomic mass is 9.90. The largest absolute Gasteiger partial charge is 0.323 e. The second-order valence-corrected chi connectivity index (χ2v) is 4.98. The topological polar surface area (TPSA) is 54.0 Å². The fraction of sp³-hybridized carbons (Fsp3) is 0.571. The minimum Gasteiger partial charge on any atom is -0.323 e. The second kappa shape index (κ2) is 5.96. The summed E-state index contributed by atoms with van der Waals surface area (Å²) in [6, 6.07) is 3.73. The highest BCUT2D eigenvalue weighted by Crippen LogP contribution is 2.20. The van der Waals surface area contributed by atoms with E-state index in [1.54, 1.807) is 6.20 Å². The first-order valence-corrected chi connectivity index (χ1v) is 6.66. The molecule has 0 saturated carbocycles.